The van der Waals surface area contributed by atoms with Crippen LogP contribution in [0.3, 0.4) is 0 Å². The molecule has 3 rings (SSSR count). The highest BCUT2D eigenvalue weighted by atomic mass is 19.4. The molecule has 1 heterocycles. The summed E-state index contributed by atoms with van der Waals surface area (Å²) >= 11 is 0. The minimum Gasteiger partial charge on any atom is -0.313 e. The van der Waals surface area contributed by atoms with Crippen molar-refractivity contribution in [1.29, 1.82) is 0 Å². The molecule has 1 saturated heterocycles. The third kappa shape index (κ3) is 2.65. The molecule has 1 spiro atoms. The molecule has 2 aliphatic rings. The fourth-order valence-electron chi connectivity index (χ4n) is 3.65. The summed E-state index contributed by atoms with van der Waals surface area (Å²) in [5.74, 6) is -0.227. The van der Waals surface area contributed by atoms with Crippen LogP contribution in [0.15, 0.2) is 24.3 Å². The summed E-state index contributed by atoms with van der Waals surface area (Å²) in [4.78, 5) is 28.0. The average molecular weight is 340 g/mol. The van der Waals surface area contributed by atoms with Crippen LogP contribution in [0.1, 0.15) is 43.2 Å². The number of amides is 3. The number of urea groups is 1. The van der Waals surface area contributed by atoms with Crippen molar-refractivity contribution in [3.05, 3.63) is 35.4 Å². The van der Waals surface area contributed by atoms with Gasteiger partial charge in [-0.15, -0.1) is 0 Å². The lowest BCUT2D eigenvalue weighted by Gasteiger charge is -2.35. The van der Waals surface area contributed by atoms with Gasteiger partial charge in [-0.1, -0.05) is 31.4 Å². The second-order valence-corrected chi connectivity index (χ2v) is 6.52. The van der Waals surface area contributed by atoms with Crippen molar-refractivity contribution in [2.75, 3.05) is 7.05 Å². The molecule has 1 saturated carbocycles. The van der Waals surface area contributed by atoms with E-state index in [-0.39, 0.29) is 18.5 Å². The fraction of sp³-hybridized carbons (Fsp3) is 0.529. The van der Waals surface area contributed by atoms with E-state index in [0.29, 0.717) is 18.4 Å². The maximum absolute atomic E-state index is 12.8. The van der Waals surface area contributed by atoms with E-state index in [1.54, 1.807) is 7.05 Å². The highest BCUT2D eigenvalue weighted by Crippen LogP contribution is 2.40. The predicted octanol–water partition coefficient (Wildman–Crippen LogP) is 3.80. The van der Waals surface area contributed by atoms with Gasteiger partial charge in [0.1, 0.15) is 5.54 Å². The second-order valence-electron chi connectivity index (χ2n) is 6.52. The van der Waals surface area contributed by atoms with Crippen molar-refractivity contribution < 1.29 is 22.8 Å². The summed E-state index contributed by atoms with van der Waals surface area (Å²) < 4.78 is 37.8. The smallest absolute Gasteiger partial charge is 0.313 e. The molecule has 1 aliphatic heterocycles. The Morgan fingerprint density at radius 1 is 1.04 bits per heavy atom. The molecule has 4 nitrogen and oxygen atoms in total. The van der Waals surface area contributed by atoms with Gasteiger partial charge < -0.3 is 4.90 Å². The van der Waals surface area contributed by atoms with Crippen molar-refractivity contribution in [1.82, 2.24) is 9.80 Å². The van der Waals surface area contributed by atoms with Crippen LogP contribution in [0.5, 0.6) is 0 Å². The van der Waals surface area contributed by atoms with Crippen molar-refractivity contribution in [2.24, 2.45) is 0 Å². The highest BCUT2D eigenvalue weighted by Gasteiger charge is 2.55. The highest BCUT2D eigenvalue weighted by molar-refractivity contribution is 6.06. The number of carbonyl (C=O) groups excluding carboxylic acids is 2. The van der Waals surface area contributed by atoms with E-state index in [9.17, 15) is 22.8 Å². The lowest BCUT2D eigenvalue weighted by Crippen LogP contribution is -2.49. The third-order valence-electron chi connectivity index (χ3n) is 5.11. The lowest BCUT2D eigenvalue weighted by molar-refractivity contribution is -0.138. The van der Waals surface area contributed by atoms with E-state index in [1.165, 1.54) is 17.0 Å². The maximum Gasteiger partial charge on any atom is 0.416 e. The van der Waals surface area contributed by atoms with Gasteiger partial charge in [0.05, 0.1) is 12.1 Å². The van der Waals surface area contributed by atoms with Crippen LogP contribution < -0.4 is 0 Å². The van der Waals surface area contributed by atoms with Gasteiger partial charge in [-0.3, -0.25) is 9.69 Å². The first-order chi connectivity index (χ1) is 11.3. The molecule has 24 heavy (non-hydrogen) atoms. The predicted molar refractivity (Wildman–Crippen MR) is 81.0 cm³/mol. The SMILES string of the molecule is CN1C(=O)N(Cc2ccc(C(F)(F)F)cc2)C(=O)C12CCCCC2. The largest absolute Gasteiger partial charge is 0.416 e. The monoisotopic (exact) mass is 340 g/mol. The van der Waals surface area contributed by atoms with E-state index in [4.69, 9.17) is 0 Å². The molecule has 2 fully saturated rings. The van der Waals surface area contributed by atoms with Crippen molar-refractivity contribution in [3.8, 4) is 0 Å². The topological polar surface area (TPSA) is 40.6 Å². The minimum absolute atomic E-state index is 0.00188. The Morgan fingerprint density at radius 3 is 2.17 bits per heavy atom. The van der Waals surface area contributed by atoms with E-state index in [2.05, 4.69) is 0 Å². The Kier molecular flexibility index (Phi) is 4.05. The van der Waals surface area contributed by atoms with Gasteiger partial charge in [-0.05, 0) is 30.5 Å². The number of halogens is 3. The number of benzene rings is 1. The minimum atomic E-state index is -4.40. The number of likely N-dealkylation sites (N-methyl/N-ethyl adjacent to an activating group) is 1. The van der Waals surface area contributed by atoms with Gasteiger partial charge in [0.2, 0.25) is 0 Å². The molecule has 1 aromatic rings. The Labute approximate surface area is 138 Å². The standard InChI is InChI=1S/C17H19F3N2O2/c1-21-15(24)22(14(23)16(21)9-3-2-4-10-16)11-12-5-7-13(8-6-12)17(18,19)20/h5-8H,2-4,9-11H2,1H3. The van der Waals surface area contributed by atoms with Gasteiger partial charge in [0.25, 0.3) is 5.91 Å². The summed E-state index contributed by atoms with van der Waals surface area (Å²) in [5, 5.41) is 0. The molecule has 1 aliphatic carbocycles. The van der Waals surface area contributed by atoms with E-state index in [1.807, 2.05) is 0 Å². The van der Waals surface area contributed by atoms with Crippen molar-refractivity contribution in [3.63, 3.8) is 0 Å². The van der Waals surface area contributed by atoms with E-state index in [0.717, 1.165) is 36.3 Å². The molecule has 0 bridgehead atoms. The molecular formula is C17H19F3N2O2. The molecule has 1 aromatic carbocycles. The Balaban J connectivity index is 1.80. The quantitative estimate of drug-likeness (QED) is 0.768. The lowest BCUT2D eigenvalue weighted by atomic mass is 9.80. The van der Waals surface area contributed by atoms with Gasteiger partial charge >= 0.3 is 12.2 Å². The average Bonchev–Trinajstić information content (AvgIpc) is 2.72. The number of imide groups is 1. The summed E-state index contributed by atoms with van der Waals surface area (Å²) in [7, 11) is 1.64. The number of alkyl halides is 3. The van der Waals surface area contributed by atoms with Gasteiger partial charge in [-0.2, -0.15) is 13.2 Å². The second kappa shape index (κ2) is 5.79. The number of rotatable bonds is 2. The number of carbonyl (C=O) groups is 2. The van der Waals surface area contributed by atoms with Gasteiger partial charge in [0, 0.05) is 7.05 Å². The van der Waals surface area contributed by atoms with Crippen LogP contribution in [0.25, 0.3) is 0 Å². The first-order valence-electron chi connectivity index (χ1n) is 8.02. The number of nitrogens with zero attached hydrogens (tertiary/aromatic N) is 2. The molecule has 0 aromatic heterocycles. The summed E-state index contributed by atoms with van der Waals surface area (Å²) in [6.45, 7) is 0.00188. The number of hydrogen-bond acceptors (Lipinski definition) is 2. The zero-order valence-corrected chi connectivity index (χ0v) is 13.4. The summed E-state index contributed by atoms with van der Waals surface area (Å²) in [6, 6.07) is 4.20. The zero-order chi connectivity index (χ0) is 17.5. The van der Waals surface area contributed by atoms with Gasteiger partial charge in [-0.25, -0.2) is 4.79 Å². The molecule has 0 N–H and O–H groups in total. The summed E-state index contributed by atoms with van der Waals surface area (Å²) in [5.41, 5.74) is -1.00. The van der Waals surface area contributed by atoms with Crippen molar-refractivity contribution in [2.45, 2.75) is 50.4 Å². The Bertz CT molecular complexity index is 649. The molecule has 130 valence electrons. The molecule has 0 atom stereocenters. The van der Waals surface area contributed by atoms with E-state index < -0.39 is 17.3 Å². The van der Waals surface area contributed by atoms with Crippen LogP contribution in [-0.2, 0) is 17.5 Å². The molecular weight excluding hydrogens is 321 g/mol. The summed E-state index contributed by atoms with van der Waals surface area (Å²) in [6.07, 6.45) is -0.246. The first kappa shape index (κ1) is 16.8. The molecule has 7 heteroatoms. The Hall–Kier alpha value is -2.05. The molecule has 0 radical (unpaired) electrons. The normalized spacial score (nSPS) is 21.0. The Morgan fingerprint density at radius 2 is 1.62 bits per heavy atom. The van der Waals surface area contributed by atoms with E-state index >= 15 is 0 Å². The maximum atomic E-state index is 12.8. The number of hydrogen-bond donors (Lipinski definition) is 0. The third-order valence-corrected chi connectivity index (χ3v) is 5.11. The fourth-order valence-corrected chi connectivity index (χ4v) is 3.65. The van der Waals surface area contributed by atoms with Crippen molar-refractivity contribution >= 4 is 11.9 Å². The van der Waals surface area contributed by atoms with Crippen LogP contribution in [-0.4, -0.2) is 34.3 Å². The first-order valence-corrected chi connectivity index (χ1v) is 8.02. The molecule has 0 unspecified atom stereocenters. The van der Waals surface area contributed by atoms with Crippen LogP contribution >= 0.6 is 0 Å². The van der Waals surface area contributed by atoms with Crippen LogP contribution in [0.2, 0.25) is 0 Å². The zero-order valence-electron chi connectivity index (χ0n) is 13.4. The van der Waals surface area contributed by atoms with Crippen LogP contribution in [0, 0.1) is 0 Å². The van der Waals surface area contributed by atoms with Gasteiger partial charge in [0.15, 0.2) is 0 Å². The molecule has 3 amide bonds. The van der Waals surface area contributed by atoms with Crippen LogP contribution in [0.4, 0.5) is 18.0 Å².